The third-order valence-corrected chi connectivity index (χ3v) is 2.30. The summed E-state index contributed by atoms with van der Waals surface area (Å²) >= 11 is 0. The first-order valence-electron chi connectivity index (χ1n) is 4.22. The Morgan fingerprint density at radius 2 is 2.07 bits per heavy atom. The monoisotopic (exact) mass is 243 g/mol. The van der Waals surface area contributed by atoms with Crippen molar-refractivity contribution in [2.45, 2.75) is 13.5 Å². The molecule has 0 N–H and O–H groups in total. The van der Waals surface area contributed by atoms with Crippen LogP contribution >= 0.6 is 16.4 Å². The van der Waals surface area contributed by atoms with E-state index in [1.807, 2.05) is 40.1 Å². The topological polar surface area (TPSA) is 59.3 Å². The van der Waals surface area contributed by atoms with Crippen molar-refractivity contribution in [2.75, 3.05) is 0 Å². The number of rotatable bonds is 2. The third kappa shape index (κ3) is 4.80. The fourth-order valence-corrected chi connectivity index (χ4v) is 1.39. The molecule has 0 radical (unpaired) electrons. The molecular formula is C9H11NO3P2. The Morgan fingerprint density at radius 1 is 1.47 bits per heavy atom. The Bertz CT molecular complexity index is 408. The summed E-state index contributed by atoms with van der Waals surface area (Å²) in [6, 6.07) is 7.59. The Labute approximate surface area is 91.1 Å². The van der Waals surface area contributed by atoms with Crippen molar-refractivity contribution in [1.82, 2.24) is 0 Å². The van der Waals surface area contributed by atoms with Crippen molar-refractivity contribution >= 4 is 22.6 Å². The van der Waals surface area contributed by atoms with Gasteiger partial charge in [0.25, 0.3) is 7.47 Å². The summed E-state index contributed by atoms with van der Waals surface area (Å²) in [6.45, 7) is 2.12. The number of benzene rings is 1. The molecule has 2 atom stereocenters. The maximum Gasteiger partial charge on any atom is 0.518 e. The van der Waals surface area contributed by atoms with E-state index in [0.29, 0.717) is 0 Å². The lowest BCUT2D eigenvalue weighted by Gasteiger charge is -2.03. The SMILES string of the molecule is Cc1ccc(COC(=O)OP(#N)P)cc1. The van der Waals surface area contributed by atoms with Crippen molar-refractivity contribution in [2.24, 2.45) is 0 Å². The summed E-state index contributed by atoms with van der Waals surface area (Å²) < 4.78 is 9.18. The molecule has 0 saturated heterocycles. The molecule has 0 amide bonds. The highest BCUT2D eigenvalue weighted by atomic mass is 32.0. The molecule has 1 aromatic carbocycles. The van der Waals surface area contributed by atoms with Gasteiger partial charge in [-0.05, 0) is 21.4 Å². The molecule has 4 nitrogen and oxygen atoms in total. The van der Waals surface area contributed by atoms with Gasteiger partial charge in [0.15, 0.2) is 0 Å². The summed E-state index contributed by atoms with van der Waals surface area (Å²) in [5.41, 5.74) is 2.02. The molecule has 0 aliphatic rings. The first kappa shape index (κ1) is 12.0. The van der Waals surface area contributed by atoms with Crippen LogP contribution in [0.25, 0.3) is 0 Å². The molecule has 1 rings (SSSR count). The second-order valence-electron chi connectivity index (χ2n) is 2.92. The Kier molecular flexibility index (Phi) is 4.58. The molecule has 0 bridgehead atoms. The van der Waals surface area contributed by atoms with E-state index in [1.54, 1.807) is 0 Å². The quantitative estimate of drug-likeness (QED) is 0.590. The summed E-state index contributed by atoms with van der Waals surface area (Å²) in [7, 11) is 0.201. The molecule has 6 heteroatoms. The van der Waals surface area contributed by atoms with E-state index in [2.05, 4.69) is 4.52 Å². The van der Waals surface area contributed by atoms with Crippen LogP contribution in [0.2, 0.25) is 0 Å². The van der Waals surface area contributed by atoms with Gasteiger partial charge in [0.2, 0.25) is 0 Å². The smallest absolute Gasteiger partial charge is 0.429 e. The van der Waals surface area contributed by atoms with Gasteiger partial charge in [0, 0.05) is 0 Å². The highest BCUT2D eigenvalue weighted by Crippen LogP contribution is 2.28. The molecule has 0 aliphatic heterocycles. The van der Waals surface area contributed by atoms with Crippen molar-refractivity contribution in [3.8, 4) is 0 Å². The zero-order valence-corrected chi connectivity index (χ0v) is 10.3. The molecule has 2 unspecified atom stereocenters. The first-order chi connectivity index (χ1) is 7.08. The van der Waals surface area contributed by atoms with Crippen molar-refractivity contribution in [3.05, 3.63) is 35.4 Å². The predicted octanol–water partition coefficient (Wildman–Crippen LogP) is 3.31. The Balaban J connectivity index is 2.41. The van der Waals surface area contributed by atoms with Gasteiger partial charge in [-0.15, -0.1) is 0 Å². The van der Waals surface area contributed by atoms with Crippen molar-refractivity contribution < 1.29 is 14.1 Å². The average molecular weight is 243 g/mol. The van der Waals surface area contributed by atoms with Gasteiger partial charge in [-0.1, -0.05) is 29.8 Å². The van der Waals surface area contributed by atoms with Crippen LogP contribution < -0.4 is 0 Å². The van der Waals surface area contributed by atoms with E-state index < -0.39 is 13.6 Å². The van der Waals surface area contributed by atoms with Crippen LogP contribution in [0.15, 0.2) is 24.3 Å². The van der Waals surface area contributed by atoms with Crippen LogP contribution in [0.3, 0.4) is 0 Å². The molecule has 0 heterocycles. The molecule has 0 saturated carbocycles. The van der Waals surface area contributed by atoms with Crippen molar-refractivity contribution in [1.29, 1.82) is 5.00 Å². The first-order valence-corrected chi connectivity index (χ1v) is 7.05. The number of aryl methyl sites for hydroxylation is 1. The predicted molar refractivity (Wildman–Crippen MR) is 60.8 cm³/mol. The standard InChI is InChI=1S/C9H11NO3P2/c1-7-2-4-8(5-3-7)6-12-9(11)13-15(10)14/h2-5H,6,14H2,1H3. The molecule has 0 fully saturated rings. The molecule has 0 aliphatic carbocycles. The number of hydrogen-bond acceptors (Lipinski definition) is 4. The summed E-state index contributed by atoms with van der Waals surface area (Å²) in [4.78, 5) is 10.9. The number of ether oxygens (including phenoxy) is 1. The fourth-order valence-electron chi connectivity index (χ4n) is 0.929. The van der Waals surface area contributed by atoms with E-state index in [4.69, 9.17) is 9.74 Å². The normalized spacial score (nSPS) is 10.6. The molecule has 1 aromatic rings. The van der Waals surface area contributed by atoms with Crippen LogP contribution in [-0.4, -0.2) is 6.16 Å². The van der Waals surface area contributed by atoms with Gasteiger partial charge < -0.3 is 9.26 Å². The number of carbonyl (C=O) groups is 1. The Hall–Kier alpha value is -1.07. The van der Waals surface area contributed by atoms with Crippen LogP contribution in [0, 0.1) is 11.9 Å². The van der Waals surface area contributed by atoms with Crippen LogP contribution in [-0.2, 0) is 15.9 Å². The minimum atomic E-state index is -1.78. The van der Waals surface area contributed by atoms with E-state index in [9.17, 15) is 4.79 Å². The zero-order chi connectivity index (χ0) is 11.3. The average Bonchev–Trinajstić information content (AvgIpc) is 2.16. The van der Waals surface area contributed by atoms with E-state index >= 15 is 0 Å². The lowest BCUT2D eigenvalue weighted by Crippen LogP contribution is -2.01. The molecule has 15 heavy (non-hydrogen) atoms. The van der Waals surface area contributed by atoms with Gasteiger partial charge in [0.1, 0.15) is 6.61 Å². The second kappa shape index (κ2) is 5.72. The second-order valence-corrected chi connectivity index (χ2v) is 5.03. The highest BCUT2D eigenvalue weighted by Gasteiger charge is 2.05. The summed E-state index contributed by atoms with van der Waals surface area (Å²) in [5, 5.41) is 8.76. The van der Waals surface area contributed by atoms with E-state index in [1.165, 1.54) is 0 Å². The molecule has 0 aromatic heterocycles. The van der Waals surface area contributed by atoms with Crippen LogP contribution in [0.5, 0.6) is 0 Å². The van der Waals surface area contributed by atoms with Gasteiger partial charge in [-0.3, -0.25) is 0 Å². The maximum atomic E-state index is 10.9. The molecule has 80 valence electrons. The van der Waals surface area contributed by atoms with E-state index in [-0.39, 0.29) is 6.61 Å². The van der Waals surface area contributed by atoms with Gasteiger partial charge in [-0.2, -0.15) is 5.00 Å². The summed E-state index contributed by atoms with van der Waals surface area (Å²) in [6.07, 6.45) is -0.862. The lowest BCUT2D eigenvalue weighted by atomic mass is 10.2. The van der Waals surface area contributed by atoms with Crippen LogP contribution in [0.4, 0.5) is 4.79 Å². The Morgan fingerprint density at radius 3 is 2.60 bits per heavy atom. The number of carbonyl (C=O) groups excluding carboxylic acids is 1. The molecular weight excluding hydrogens is 232 g/mol. The van der Waals surface area contributed by atoms with Crippen LogP contribution in [0.1, 0.15) is 11.1 Å². The number of nitrogens with zero attached hydrogens (tertiary/aromatic N) is 1. The largest absolute Gasteiger partial charge is 0.518 e. The lowest BCUT2D eigenvalue weighted by molar-refractivity contribution is 0.0985. The third-order valence-electron chi connectivity index (χ3n) is 1.65. The van der Waals surface area contributed by atoms with Gasteiger partial charge in [0.05, 0.1) is 0 Å². The maximum absolute atomic E-state index is 10.9. The summed E-state index contributed by atoms with van der Waals surface area (Å²) in [5.74, 6) is 0. The minimum absolute atomic E-state index is 0.146. The van der Waals surface area contributed by atoms with E-state index in [0.717, 1.165) is 11.1 Å². The van der Waals surface area contributed by atoms with Gasteiger partial charge in [-0.25, -0.2) is 4.79 Å². The minimum Gasteiger partial charge on any atom is -0.429 e. The zero-order valence-electron chi connectivity index (χ0n) is 8.21. The van der Waals surface area contributed by atoms with Gasteiger partial charge >= 0.3 is 6.16 Å². The van der Waals surface area contributed by atoms with Crippen molar-refractivity contribution in [3.63, 3.8) is 0 Å². The fraction of sp³-hybridized carbons (Fsp3) is 0.222. The highest BCUT2D eigenvalue weighted by molar-refractivity contribution is 8.03. The molecule has 0 spiro atoms. The number of hydrogen-bond donors (Lipinski definition) is 0.